The Hall–Kier alpha value is -1.86. The summed E-state index contributed by atoms with van der Waals surface area (Å²) in [5, 5.41) is 13.4. The first kappa shape index (κ1) is 16.6. The Morgan fingerprint density at radius 3 is 2.64 bits per heavy atom. The van der Waals surface area contributed by atoms with Crippen molar-refractivity contribution < 1.29 is 4.39 Å². The highest BCUT2D eigenvalue weighted by molar-refractivity contribution is 9.10. The number of benzene rings is 1. The smallest absolute Gasteiger partial charge is 0.206 e. The monoisotopic (exact) mass is 418 g/mol. The topological polar surface area (TPSA) is 50.7 Å². The third-order valence-electron chi connectivity index (χ3n) is 4.67. The molecule has 1 N–H and O–H groups in total. The van der Waals surface area contributed by atoms with Crippen LogP contribution in [0.5, 0.6) is 0 Å². The number of nitrogens with zero attached hydrogens (tertiary/aromatic N) is 3. The molecule has 0 aliphatic heterocycles. The Bertz CT molecular complexity index is 877. The van der Waals surface area contributed by atoms with Gasteiger partial charge in [0, 0.05) is 28.2 Å². The maximum Gasteiger partial charge on any atom is 0.206 e. The second-order valence-corrected chi connectivity index (χ2v) is 8.13. The SMILES string of the molecule is Fc1cccnc1C1(CNc2nnc(-c3ccc(Br)cc3)s2)CCC1. The number of nitrogens with one attached hydrogen (secondary N) is 1. The second kappa shape index (κ2) is 6.80. The molecule has 1 aliphatic carbocycles. The summed E-state index contributed by atoms with van der Waals surface area (Å²) in [5.41, 5.74) is 1.35. The van der Waals surface area contributed by atoms with Crippen LogP contribution < -0.4 is 5.32 Å². The zero-order valence-electron chi connectivity index (χ0n) is 13.4. The summed E-state index contributed by atoms with van der Waals surface area (Å²) in [6.45, 7) is 0.621. The van der Waals surface area contributed by atoms with Gasteiger partial charge in [0.25, 0.3) is 0 Å². The van der Waals surface area contributed by atoms with Crippen molar-refractivity contribution in [2.24, 2.45) is 0 Å². The maximum absolute atomic E-state index is 14.2. The molecule has 1 fully saturated rings. The molecule has 0 radical (unpaired) electrons. The summed E-state index contributed by atoms with van der Waals surface area (Å²) in [7, 11) is 0. The molecular formula is C18H16BrFN4S. The molecule has 0 unspecified atom stereocenters. The lowest BCUT2D eigenvalue weighted by Gasteiger charge is -2.41. The molecule has 0 amide bonds. The summed E-state index contributed by atoms with van der Waals surface area (Å²) >= 11 is 4.93. The standard InChI is InChI=1S/C18H16BrFN4S/c19-13-6-4-12(5-7-13)16-23-24-17(25-16)22-11-18(8-2-9-18)15-14(20)3-1-10-21-15/h1,3-7,10H,2,8-9,11H2,(H,22,24). The quantitative estimate of drug-likeness (QED) is 0.630. The summed E-state index contributed by atoms with van der Waals surface area (Å²) in [5.74, 6) is -0.225. The Morgan fingerprint density at radius 1 is 1.16 bits per heavy atom. The normalized spacial score (nSPS) is 15.6. The lowest BCUT2D eigenvalue weighted by molar-refractivity contribution is 0.243. The van der Waals surface area contributed by atoms with E-state index >= 15 is 0 Å². The van der Waals surface area contributed by atoms with Crippen molar-refractivity contribution in [1.29, 1.82) is 0 Å². The van der Waals surface area contributed by atoms with Gasteiger partial charge in [-0.1, -0.05) is 45.8 Å². The van der Waals surface area contributed by atoms with Gasteiger partial charge < -0.3 is 5.32 Å². The molecule has 2 heterocycles. The van der Waals surface area contributed by atoms with E-state index in [2.05, 4.69) is 36.4 Å². The number of rotatable bonds is 5. The highest BCUT2D eigenvalue weighted by atomic mass is 79.9. The van der Waals surface area contributed by atoms with E-state index in [-0.39, 0.29) is 11.2 Å². The van der Waals surface area contributed by atoms with Crippen LogP contribution in [0.3, 0.4) is 0 Å². The number of hydrogen-bond donors (Lipinski definition) is 1. The molecule has 1 aromatic carbocycles. The predicted molar refractivity (Wildman–Crippen MR) is 101 cm³/mol. The minimum Gasteiger partial charge on any atom is -0.359 e. The van der Waals surface area contributed by atoms with E-state index in [1.807, 2.05) is 24.3 Å². The molecule has 0 atom stereocenters. The third-order valence-corrected chi connectivity index (χ3v) is 6.12. The van der Waals surface area contributed by atoms with Crippen LogP contribution >= 0.6 is 27.3 Å². The zero-order valence-corrected chi connectivity index (χ0v) is 15.8. The molecule has 7 heteroatoms. The van der Waals surface area contributed by atoms with Gasteiger partial charge in [-0.2, -0.15) is 0 Å². The molecule has 3 aromatic rings. The first-order valence-corrected chi connectivity index (χ1v) is 9.72. The highest BCUT2D eigenvalue weighted by Crippen LogP contribution is 2.44. The lowest BCUT2D eigenvalue weighted by Crippen LogP contribution is -2.42. The average Bonchev–Trinajstić information content (AvgIpc) is 3.05. The van der Waals surface area contributed by atoms with Crippen LogP contribution in [0.15, 0.2) is 47.1 Å². The van der Waals surface area contributed by atoms with Crippen molar-refractivity contribution in [3.63, 3.8) is 0 Å². The van der Waals surface area contributed by atoms with Crippen molar-refractivity contribution in [3.05, 3.63) is 58.6 Å². The summed E-state index contributed by atoms with van der Waals surface area (Å²) in [6, 6.07) is 11.1. The van der Waals surface area contributed by atoms with E-state index in [4.69, 9.17) is 0 Å². The van der Waals surface area contributed by atoms with Gasteiger partial charge in [-0.15, -0.1) is 10.2 Å². The molecule has 1 saturated carbocycles. The van der Waals surface area contributed by atoms with Crippen molar-refractivity contribution in [2.75, 3.05) is 11.9 Å². The van der Waals surface area contributed by atoms with E-state index in [1.165, 1.54) is 17.4 Å². The van der Waals surface area contributed by atoms with Crippen LogP contribution in [-0.2, 0) is 5.41 Å². The molecule has 4 rings (SSSR count). The fourth-order valence-electron chi connectivity index (χ4n) is 3.13. The average molecular weight is 419 g/mol. The van der Waals surface area contributed by atoms with E-state index in [0.29, 0.717) is 12.2 Å². The van der Waals surface area contributed by atoms with Crippen LogP contribution in [0.25, 0.3) is 10.6 Å². The molecule has 1 aliphatic rings. The number of pyridine rings is 1. The predicted octanol–water partition coefficient (Wildman–Crippen LogP) is 5.04. The summed E-state index contributed by atoms with van der Waals surface area (Å²) in [6.07, 6.45) is 4.63. The molecule has 4 nitrogen and oxygen atoms in total. The van der Waals surface area contributed by atoms with E-state index in [9.17, 15) is 4.39 Å². The summed E-state index contributed by atoms with van der Waals surface area (Å²) < 4.78 is 15.2. The fraction of sp³-hybridized carbons (Fsp3) is 0.278. The van der Waals surface area contributed by atoms with Gasteiger partial charge in [0.15, 0.2) is 0 Å². The second-order valence-electron chi connectivity index (χ2n) is 6.24. The lowest BCUT2D eigenvalue weighted by atomic mass is 9.66. The highest BCUT2D eigenvalue weighted by Gasteiger charge is 2.41. The number of halogens is 2. The maximum atomic E-state index is 14.2. The van der Waals surface area contributed by atoms with Crippen molar-refractivity contribution in [2.45, 2.75) is 24.7 Å². The minimum absolute atomic E-state index is 0.225. The van der Waals surface area contributed by atoms with Gasteiger partial charge in [0.1, 0.15) is 10.8 Å². The first-order chi connectivity index (χ1) is 12.2. The van der Waals surface area contributed by atoms with Gasteiger partial charge in [-0.25, -0.2) is 4.39 Å². The van der Waals surface area contributed by atoms with Gasteiger partial charge in [-0.3, -0.25) is 4.98 Å². The molecule has 0 spiro atoms. The number of hydrogen-bond acceptors (Lipinski definition) is 5. The van der Waals surface area contributed by atoms with Crippen LogP contribution in [0.1, 0.15) is 25.0 Å². The van der Waals surface area contributed by atoms with Gasteiger partial charge in [-0.05, 0) is 37.1 Å². The molecule has 0 bridgehead atoms. The van der Waals surface area contributed by atoms with Gasteiger partial charge >= 0.3 is 0 Å². The van der Waals surface area contributed by atoms with Crippen LogP contribution in [0, 0.1) is 5.82 Å². The third kappa shape index (κ3) is 3.30. The van der Waals surface area contributed by atoms with Crippen LogP contribution in [0.2, 0.25) is 0 Å². The Balaban J connectivity index is 1.50. The van der Waals surface area contributed by atoms with E-state index in [0.717, 1.165) is 39.4 Å². The van der Waals surface area contributed by atoms with Crippen molar-refractivity contribution in [1.82, 2.24) is 15.2 Å². The van der Waals surface area contributed by atoms with Crippen LogP contribution in [-0.4, -0.2) is 21.7 Å². The first-order valence-electron chi connectivity index (χ1n) is 8.11. The fourth-order valence-corrected chi connectivity index (χ4v) is 4.13. The Kier molecular flexibility index (Phi) is 4.52. The molecule has 0 saturated heterocycles. The largest absolute Gasteiger partial charge is 0.359 e. The summed E-state index contributed by atoms with van der Waals surface area (Å²) in [4.78, 5) is 4.29. The Labute approximate surface area is 157 Å². The number of aromatic nitrogens is 3. The molecule has 128 valence electrons. The molecule has 2 aromatic heterocycles. The zero-order chi connectivity index (χ0) is 17.3. The Morgan fingerprint density at radius 2 is 1.96 bits per heavy atom. The van der Waals surface area contributed by atoms with Gasteiger partial charge in [0.05, 0.1) is 5.69 Å². The van der Waals surface area contributed by atoms with Gasteiger partial charge in [0.2, 0.25) is 5.13 Å². The van der Waals surface area contributed by atoms with Crippen LogP contribution in [0.4, 0.5) is 9.52 Å². The van der Waals surface area contributed by atoms with Crippen molar-refractivity contribution >= 4 is 32.4 Å². The van der Waals surface area contributed by atoms with E-state index in [1.54, 1.807) is 12.3 Å². The molecule has 25 heavy (non-hydrogen) atoms. The van der Waals surface area contributed by atoms with E-state index < -0.39 is 0 Å². The van der Waals surface area contributed by atoms with Crippen molar-refractivity contribution in [3.8, 4) is 10.6 Å². The number of anilines is 1. The molecular weight excluding hydrogens is 403 g/mol. The minimum atomic E-state index is -0.241.